The Morgan fingerprint density at radius 2 is 1.65 bits per heavy atom. The highest BCUT2D eigenvalue weighted by molar-refractivity contribution is 5.92. The number of rotatable bonds is 5. The van der Waals surface area contributed by atoms with Crippen molar-refractivity contribution < 1.29 is 31.5 Å². The number of aromatic nitrogens is 1. The molecule has 1 aromatic carbocycles. The summed E-state index contributed by atoms with van der Waals surface area (Å²) in [5.41, 5.74) is 2.95. The Hall–Kier alpha value is -2.71. The summed E-state index contributed by atoms with van der Waals surface area (Å²) in [5.74, 6) is -5.13. The van der Waals surface area contributed by atoms with Crippen molar-refractivity contribution in [2.24, 2.45) is 5.73 Å². The molecule has 0 atom stereocenters. The van der Waals surface area contributed by atoms with Crippen LogP contribution in [0.1, 0.15) is 28.8 Å². The molecule has 4 nitrogen and oxygen atoms in total. The number of ether oxygens (including phenoxy) is 1. The maximum absolute atomic E-state index is 13.8. The lowest BCUT2D eigenvalue weighted by Crippen LogP contribution is -2.47. The van der Waals surface area contributed by atoms with Crippen LogP contribution in [0, 0.1) is 0 Å². The molecule has 0 aliphatic heterocycles. The third kappa shape index (κ3) is 2.97. The number of hydrogen-bond donors (Lipinski definition) is 1. The minimum Gasteiger partial charge on any atom is -0.439 e. The van der Waals surface area contributed by atoms with Crippen molar-refractivity contribution in [1.29, 1.82) is 0 Å². The number of hydrogen-bond acceptors (Lipinski definition) is 3. The van der Waals surface area contributed by atoms with Crippen molar-refractivity contribution in [3.63, 3.8) is 0 Å². The average molecular weight is 372 g/mol. The van der Waals surface area contributed by atoms with Gasteiger partial charge < -0.3 is 10.5 Å². The fourth-order valence-corrected chi connectivity index (χ4v) is 2.73. The van der Waals surface area contributed by atoms with E-state index in [1.807, 2.05) is 0 Å². The number of nitrogens with zero attached hydrogens (tertiary/aromatic N) is 1. The third-order valence-electron chi connectivity index (χ3n) is 4.36. The summed E-state index contributed by atoms with van der Waals surface area (Å²) < 4.78 is 71.1. The molecule has 9 heteroatoms. The zero-order valence-corrected chi connectivity index (χ0v) is 13.2. The Kier molecular flexibility index (Phi) is 4.12. The topological polar surface area (TPSA) is 65.2 Å². The third-order valence-corrected chi connectivity index (χ3v) is 4.36. The van der Waals surface area contributed by atoms with Gasteiger partial charge >= 0.3 is 12.1 Å². The highest BCUT2D eigenvalue weighted by Gasteiger charge is 2.75. The standard InChI is InChI=1S/C17H13F5N2O2/c18-16(19,17(20,21)22)15(7-8-15)11-2-4-12(5-3-11)26-13-6-1-10(9-24-13)14(23)25/h1-6,9H,7-8H2,(H2,23,25). The molecular weight excluding hydrogens is 359 g/mol. The van der Waals surface area contributed by atoms with Gasteiger partial charge in [-0.25, -0.2) is 4.98 Å². The average Bonchev–Trinajstić information content (AvgIpc) is 3.37. The minimum atomic E-state index is -5.61. The van der Waals surface area contributed by atoms with E-state index in [1.54, 1.807) is 0 Å². The first-order valence-electron chi connectivity index (χ1n) is 7.56. The molecule has 26 heavy (non-hydrogen) atoms. The molecule has 1 amide bonds. The summed E-state index contributed by atoms with van der Waals surface area (Å²) in [6, 6.07) is 7.76. The van der Waals surface area contributed by atoms with Crippen LogP contribution in [0.5, 0.6) is 11.6 Å². The lowest BCUT2D eigenvalue weighted by Gasteiger charge is -2.29. The van der Waals surface area contributed by atoms with Crippen LogP contribution < -0.4 is 10.5 Å². The smallest absolute Gasteiger partial charge is 0.439 e. The molecule has 1 heterocycles. The lowest BCUT2D eigenvalue weighted by atomic mass is 9.88. The number of alkyl halides is 5. The van der Waals surface area contributed by atoms with E-state index in [0.717, 1.165) is 0 Å². The van der Waals surface area contributed by atoms with Gasteiger partial charge in [-0.3, -0.25) is 4.79 Å². The van der Waals surface area contributed by atoms with Gasteiger partial charge in [-0.1, -0.05) is 12.1 Å². The van der Waals surface area contributed by atoms with Crippen LogP contribution in [-0.4, -0.2) is 23.0 Å². The van der Waals surface area contributed by atoms with E-state index < -0.39 is 23.4 Å². The number of benzene rings is 1. The van der Waals surface area contributed by atoms with Crippen molar-refractivity contribution in [2.75, 3.05) is 0 Å². The Morgan fingerprint density at radius 3 is 2.08 bits per heavy atom. The molecule has 1 aromatic heterocycles. The molecule has 2 aromatic rings. The van der Waals surface area contributed by atoms with Gasteiger partial charge in [-0.2, -0.15) is 22.0 Å². The van der Waals surface area contributed by atoms with E-state index in [-0.39, 0.29) is 35.6 Å². The molecular formula is C17H13F5N2O2. The largest absolute Gasteiger partial charge is 0.454 e. The van der Waals surface area contributed by atoms with E-state index in [2.05, 4.69) is 4.98 Å². The van der Waals surface area contributed by atoms with Crippen LogP contribution in [-0.2, 0) is 5.41 Å². The molecule has 0 unspecified atom stereocenters. The summed E-state index contributed by atoms with van der Waals surface area (Å²) in [4.78, 5) is 14.8. The van der Waals surface area contributed by atoms with Crippen LogP contribution in [0.3, 0.4) is 0 Å². The predicted molar refractivity (Wildman–Crippen MR) is 81.2 cm³/mol. The van der Waals surface area contributed by atoms with E-state index in [0.29, 0.717) is 0 Å². The fraction of sp³-hybridized carbons (Fsp3) is 0.294. The zero-order chi connectivity index (χ0) is 19.2. The molecule has 2 N–H and O–H groups in total. The summed E-state index contributed by atoms with van der Waals surface area (Å²) in [6.45, 7) is 0. The van der Waals surface area contributed by atoms with E-state index in [1.165, 1.54) is 42.6 Å². The summed E-state index contributed by atoms with van der Waals surface area (Å²) in [7, 11) is 0. The molecule has 1 fully saturated rings. The second-order valence-corrected chi connectivity index (χ2v) is 6.03. The molecule has 1 saturated carbocycles. The van der Waals surface area contributed by atoms with Crippen LogP contribution in [0.4, 0.5) is 22.0 Å². The number of carbonyl (C=O) groups excluding carboxylic acids is 1. The fourth-order valence-electron chi connectivity index (χ4n) is 2.73. The maximum atomic E-state index is 13.8. The maximum Gasteiger partial charge on any atom is 0.454 e. The van der Waals surface area contributed by atoms with Crippen molar-refractivity contribution in [3.05, 3.63) is 53.7 Å². The number of halogens is 5. The summed E-state index contributed by atoms with van der Waals surface area (Å²) in [6.07, 6.45) is -4.88. The summed E-state index contributed by atoms with van der Waals surface area (Å²) in [5, 5.41) is 0. The minimum absolute atomic E-state index is 0.0933. The molecule has 0 radical (unpaired) electrons. The molecule has 0 bridgehead atoms. The SMILES string of the molecule is NC(=O)c1ccc(Oc2ccc(C3(C(F)(F)C(F)(F)F)CC3)cc2)nc1. The predicted octanol–water partition coefficient (Wildman–Crippen LogP) is 4.20. The van der Waals surface area contributed by atoms with E-state index >= 15 is 0 Å². The molecule has 1 aliphatic carbocycles. The van der Waals surface area contributed by atoms with Crippen molar-refractivity contribution >= 4 is 5.91 Å². The van der Waals surface area contributed by atoms with Crippen LogP contribution >= 0.6 is 0 Å². The molecule has 1 aliphatic rings. The molecule has 0 saturated heterocycles. The normalized spacial score (nSPS) is 16.2. The number of carbonyl (C=O) groups is 1. The van der Waals surface area contributed by atoms with Gasteiger partial charge in [0.15, 0.2) is 0 Å². The van der Waals surface area contributed by atoms with Gasteiger partial charge in [0.1, 0.15) is 5.75 Å². The van der Waals surface area contributed by atoms with Crippen LogP contribution in [0.25, 0.3) is 0 Å². The zero-order valence-electron chi connectivity index (χ0n) is 13.2. The van der Waals surface area contributed by atoms with Gasteiger partial charge in [0, 0.05) is 12.3 Å². The first-order chi connectivity index (χ1) is 12.1. The molecule has 3 rings (SSSR count). The van der Waals surface area contributed by atoms with Crippen molar-refractivity contribution in [3.8, 4) is 11.6 Å². The number of primary amides is 1. The Morgan fingerprint density at radius 1 is 1.04 bits per heavy atom. The monoisotopic (exact) mass is 372 g/mol. The van der Waals surface area contributed by atoms with E-state index in [9.17, 15) is 26.7 Å². The Balaban J connectivity index is 1.78. The first-order valence-corrected chi connectivity index (χ1v) is 7.56. The van der Waals surface area contributed by atoms with Crippen LogP contribution in [0.2, 0.25) is 0 Å². The van der Waals surface area contributed by atoms with Crippen LogP contribution in [0.15, 0.2) is 42.6 Å². The Labute approximate surface area is 144 Å². The second-order valence-electron chi connectivity index (χ2n) is 6.03. The highest BCUT2D eigenvalue weighted by atomic mass is 19.4. The van der Waals surface area contributed by atoms with E-state index in [4.69, 9.17) is 10.5 Å². The van der Waals surface area contributed by atoms with Crippen molar-refractivity contribution in [2.45, 2.75) is 30.4 Å². The molecule has 0 spiro atoms. The van der Waals surface area contributed by atoms with Crippen molar-refractivity contribution in [1.82, 2.24) is 4.98 Å². The highest BCUT2D eigenvalue weighted by Crippen LogP contribution is 2.63. The number of nitrogens with two attached hydrogens (primary N) is 1. The van der Waals surface area contributed by atoms with Gasteiger partial charge in [-0.15, -0.1) is 0 Å². The van der Waals surface area contributed by atoms with Gasteiger partial charge in [0.25, 0.3) is 0 Å². The second kappa shape index (κ2) is 5.93. The Bertz CT molecular complexity index is 813. The van der Waals surface area contributed by atoms with Gasteiger partial charge in [0.2, 0.25) is 11.8 Å². The van der Waals surface area contributed by atoms with Gasteiger partial charge in [0.05, 0.1) is 11.0 Å². The quantitative estimate of drug-likeness (QED) is 0.800. The number of amides is 1. The molecule has 138 valence electrons. The first kappa shape index (κ1) is 18.1. The summed E-state index contributed by atoms with van der Waals surface area (Å²) >= 11 is 0. The van der Waals surface area contributed by atoms with Gasteiger partial charge in [-0.05, 0) is 36.6 Å². The lowest BCUT2D eigenvalue weighted by molar-refractivity contribution is -0.296. The number of pyridine rings is 1.